The Balaban J connectivity index is 0. The molecule has 0 fully saturated rings. The van der Waals surface area contributed by atoms with E-state index in [4.69, 9.17) is 0 Å². The summed E-state index contributed by atoms with van der Waals surface area (Å²) >= 11 is -11.2. The van der Waals surface area contributed by atoms with Gasteiger partial charge in [-0.25, -0.2) is 0 Å². The Morgan fingerprint density at radius 2 is 0.625 bits per heavy atom. The van der Waals surface area contributed by atoms with E-state index in [2.05, 4.69) is 0 Å². The summed E-state index contributed by atoms with van der Waals surface area (Å²) in [5.74, 6) is 0. The van der Waals surface area contributed by atoms with E-state index in [0.29, 0.717) is 0 Å². The minimum absolute atomic E-state index is 0. The second-order valence-corrected chi connectivity index (χ2v) is 4.42. The maximum atomic E-state index is 9.92. The molecule has 0 N–H and O–H groups in total. The second-order valence-electron chi connectivity index (χ2n) is 1.07. The molecular formula is H4F6SiTi. The van der Waals surface area contributed by atoms with Crippen LogP contribution in [0.25, 0.3) is 0 Å². The molecule has 0 unspecified atom stereocenters. The summed E-state index contributed by atoms with van der Waals surface area (Å²) in [5, 5.41) is 0. The van der Waals surface area contributed by atoms with Crippen molar-refractivity contribution in [2.24, 2.45) is 0 Å². The van der Waals surface area contributed by atoms with Crippen LogP contribution in [0.3, 0.4) is 0 Å². The summed E-state index contributed by atoms with van der Waals surface area (Å²) < 4.78 is 59.5. The second kappa shape index (κ2) is 1.32. The van der Waals surface area contributed by atoms with Gasteiger partial charge in [-0.2, -0.15) is 0 Å². The van der Waals surface area contributed by atoms with Gasteiger partial charge in [0.2, 0.25) is 0 Å². The Bertz CT molecular complexity index is 67.1. The van der Waals surface area contributed by atoms with Gasteiger partial charge >= 0.3 is 35.8 Å². The molecule has 0 atom stereocenters. The van der Waals surface area contributed by atoms with Crippen LogP contribution < -0.4 is 0 Å². The molecule has 0 spiro atoms. The van der Waals surface area contributed by atoms with Gasteiger partial charge in [0, 0.05) is 0 Å². The SMILES string of the molecule is [F][Ti]([F])([F])([F])([F])[F].[SiH4]. The van der Waals surface area contributed by atoms with Gasteiger partial charge in [-0.15, -0.1) is 0 Å². The van der Waals surface area contributed by atoms with Gasteiger partial charge < -0.3 is 0 Å². The average molecular weight is 194 g/mol. The summed E-state index contributed by atoms with van der Waals surface area (Å²) in [4.78, 5) is 0. The Hall–Kier alpha value is 0.511. The molecule has 0 saturated heterocycles. The van der Waals surface area contributed by atoms with Gasteiger partial charge in [0.1, 0.15) is 0 Å². The minimum atomic E-state index is -11.2. The number of halogens is 6. The van der Waals surface area contributed by atoms with Crippen LogP contribution in [0.2, 0.25) is 0 Å². The molecule has 0 bridgehead atoms. The van der Waals surface area contributed by atoms with Crippen molar-refractivity contribution in [3.05, 3.63) is 0 Å². The van der Waals surface area contributed by atoms with Crippen molar-refractivity contribution in [1.82, 2.24) is 0 Å². The Labute approximate surface area is 47.4 Å². The van der Waals surface area contributed by atoms with Crippen LogP contribution in [-0.4, -0.2) is 11.0 Å². The van der Waals surface area contributed by atoms with Crippen LogP contribution >= 0.6 is 0 Å². The molecule has 0 rings (SSSR count). The summed E-state index contributed by atoms with van der Waals surface area (Å²) in [6.45, 7) is 0. The van der Waals surface area contributed by atoms with E-state index in [0.717, 1.165) is 0 Å². The zero-order valence-corrected chi connectivity index (χ0v) is 4.33. The molecule has 0 amide bonds. The molecule has 0 aliphatic carbocycles. The van der Waals surface area contributed by atoms with E-state index in [1.807, 2.05) is 0 Å². The zero-order chi connectivity index (χ0) is 6.41. The number of hydrogen-bond donors (Lipinski definition) is 0. The van der Waals surface area contributed by atoms with Gasteiger partial charge in [-0.3, -0.25) is 0 Å². The molecule has 0 heterocycles. The minimum Gasteiger partial charge on any atom is -0.0149 e. The quantitative estimate of drug-likeness (QED) is 0.399. The maximum Gasteiger partial charge on any atom is -0.0149 e. The molecule has 54 valence electrons. The molecule has 0 aromatic rings. The van der Waals surface area contributed by atoms with Gasteiger partial charge in [-0.05, 0) is 11.0 Å². The van der Waals surface area contributed by atoms with E-state index < -0.39 is 17.2 Å². The third-order valence-electron chi connectivity index (χ3n) is 0. The van der Waals surface area contributed by atoms with Gasteiger partial charge in [0.15, 0.2) is 0 Å². The molecule has 0 nitrogen and oxygen atoms in total. The first-order valence-corrected chi connectivity index (χ1v) is 4.68. The van der Waals surface area contributed by atoms with Gasteiger partial charge in [-0.1, -0.05) is 0 Å². The molecule has 0 aliphatic heterocycles. The molecule has 8 heteroatoms. The van der Waals surface area contributed by atoms with Crippen molar-refractivity contribution >= 4 is 11.0 Å². The fourth-order valence-corrected chi connectivity index (χ4v) is 0. The van der Waals surface area contributed by atoms with E-state index in [1.165, 1.54) is 0 Å². The summed E-state index contributed by atoms with van der Waals surface area (Å²) in [7, 11) is 0. The van der Waals surface area contributed by atoms with Crippen molar-refractivity contribution in [2.45, 2.75) is 0 Å². The zero-order valence-electron chi connectivity index (χ0n) is 2.77. The van der Waals surface area contributed by atoms with Crippen molar-refractivity contribution in [3.63, 3.8) is 0 Å². The number of rotatable bonds is 0. The smallest absolute Gasteiger partial charge is 0.0149 e. The first kappa shape index (κ1) is 11.3. The Morgan fingerprint density at radius 3 is 0.625 bits per heavy atom. The molecule has 8 heavy (non-hydrogen) atoms. The summed E-state index contributed by atoms with van der Waals surface area (Å²) in [5.41, 5.74) is 0. The first-order chi connectivity index (χ1) is 2.45. The monoisotopic (exact) mass is 194 g/mol. The van der Waals surface area contributed by atoms with Crippen molar-refractivity contribution in [1.29, 1.82) is 0 Å². The van der Waals surface area contributed by atoms with Crippen LogP contribution in [0.15, 0.2) is 0 Å². The summed E-state index contributed by atoms with van der Waals surface area (Å²) in [6.07, 6.45) is 0. The fourth-order valence-electron chi connectivity index (χ4n) is 0. The van der Waals surface area contributed by atoms with Crippen LogP contribution in [0.1, 0.15) is 0 Å². The summed E-state index contributed by atoms with van der Waals surface area (Å²) in [6, 6.07) is 0. The fraction of sp³-hybridized carbons (Fsp3) is 0. The van der Waals surface area contributed by atoms with E-state index in [1.54, 1.807) is 0 Å². The molecule has 0 radical (unpaired) electrons. The Kier molecular flexibility index (Phi) is 1.87. The van der Waals surface area contributed by atoms with Gasteiger partial charge in [0.05, 0.1) is 0 Å². The van der Waals surface area contributed by atoms with E-state index >= 15 is 0 Å². The first-order valence-electron chi connectivity index (χ1n) is 1.13. The predicted molar refractivity (Wildman–Crippen MR) is 18.0 cm³/mol. The van der Waals surface area contributed by atoms with E-state index in [-0.39, 0.29) is 11.0 Å². The van der Waals surface area contributed by atoms with E-state index in [9.17, 15) is 18.6 Å². The third-order valence-corrected chi connectivity index (χ3v) is 0. The van der Waals surface area contributed by atoms with Crippen LogP contribution in [-0.2, 0) is 17.2 Å². The third kappa shape index (κ3) is 757. The van der Waals surface area contributed by atoms with Gasteiger partial charge in [0.25, 0.3) is 0 Å². The Morgan fingerprint density at radius 1 is 0.625 bits per heavy atom. The van der Waals surface area contributed by atoms with Crippen molar-refractivity contribution < 1.29 is 35.8 Å². The van der Waals surface area contributed by atoms with Crippen molar-refractivity contribution in [2.75, 3.05) is 0 Å². The maximum absolute atomic E-state index is 11.2. The molecular weight excluding hydrogens is 190 g/mol. The van der Waals surface area contributed by atoms with Crippen molar-refractivity contribution in [3.8, 4) is 0 Å². The standard InChI is InChI=1S/6FH.H4Si.Ti/h6*1H;1H4;/q;;;;;;;+6/p-6. The molecule has 0 aromatic carbocycles. The molecule has 0 aromatic heterocycles. The van der Waals surface area contributed by atoms with Crippen LogP contribution in [0, 0.1) is 0 Å². The topological polar surface area (TPSA) is 0 Å². The van der Waals surface area contributed by atoms with Crippen LogP contribution in [0.4, 0.5) is 18.6 Å². The number of hydrogen-bond acceptors (Lipinski definition) is 0. The van der Waals surface area contributed by atoms with Crippen LogP contribution in [0.5, 0.6) is 0 Å². The largest absolute Gasteiger partial charge is 0.0149 e. The molecule has 0 aliphatic rings. The normalized spacial score (nSPS) is 20.2. The average Bonchev–Trinajstić information content (AvgIpc) is 0.592. The molecule has 0 saturated carbocycles. The predicted octanol–water partition coefficient (Wildman–Crippen LogP) is 1.07.